The minimum atomic E-state index is -3.92. The van der Waals surface area contributed by atoms with Crippen molar-refractivity contribution in [3.8, 4) is 11.1 Å². The molecule has 3 heterocycles. The summed E-state index contributed by atoms with van der Waals surface area (Å²) in [6.45, 7) is 3.26. The smallest absolute Gasteiger partial charge is 0.289 e. The van der Waals surface area contributed by atoms with Gasteiger partial charge in [0, 0.05) is 17.9 Å². The first-order valence-electron chi connectivity index (χ1n) is 9.75. The number of nitrogen functional groups attached to an aromatic ring is 1. The molecule has 0 saturated carbocycles. The van der Waals surface area contributed by atoms with Gasteiger partial charge in [-0.15, -0.1) is 0 Å². The second-order valence-corrected chi connectivity index (χ2v) is 9.72. The molecule has 10 nitrogen and oxygen atoms in total. The van der Waals surface area contributed by atoms with Gasteiger partial charge in [-0.3, -0.25) is 15.8 Å². The van der Waals surface area contributed by atoms with Crippen LogP contribution in [-0.2, 0) is 31.5 Å². The van der Waals surface area contributed by atoms with E-state index in [0.29, 0.717) is 36.2 Å². The number of benzene rings is 1. The van der Waals surface area contributed by atoms with Crippen LogP contribution in [0.4, 0.5) is 11.7 Å². The van der Waals surface area contributed by atoms with Crippen LogP contribution in [0.2, 0.25) is 5.02 Å². The molecule has 4 rings (SSSR count). The first kappa shape index (κ1) is 24.6. The van der Waals surface area contributed by atoms with Crippen molar-refractivity contribution in [2.45, 2.75) is 18.8 Å². The van der Waals surface area contributed by atoms with Gasteiger partial charge in [-0.2, -0.15) is 0 Å². The van der Waals surface area contributed by atoms with Gasteiger partial charge in [0.1, 0.15) is 5.02 Å². The van der Waals surface area contributed by atoms with Crippen LogP contribution in [0.5, 0.6) is 0 Å². The maximum Gasteiger partial charge on any atom is 0.289 e. The van der Waals surface area contributed by atoms with Crippen molar-refractivity contribution >= 4 is 39.3 Å². The molecule has 2 aromatic heterocycles. The molecule has 0 spiro atoms. The van der Waals surface area contributed by atoms with Gasteiger partial charge in [0.25, 0.3) is 5.82 Å². The number of carbonyl (C=O) groups is 1. The number of nitrogens with two attached hydrogens (primary N) is 1. The van der Waals surface area contributed by atoms with E-state index < -0.39 is 10.1 Å². The zero-order chi connectivity index (χ0) is 24.2. The normalized spacial score (nSPS) is 14.5. The SMILES string of the molecule is CC1(c2cc(NC(=O)Cc3ccc(-c4c[nH+]c(N)c(Cl)c4)cc3)on2)COC1.CS(=O)(=O)[O-]. The molecule has 0 atom stereocenters. The maximum absolute atomic E-state index is 12.3. The standard InChI is InChI=1S/C20H19ClN4O3.CH4O3S/c1-20(10-27-11-20)16-8-18(28-25-16)24-17(26)6-12-2-4-13(5-3-12)14-7-15(21)19(22)23-9-14;1-5(2,3)4/h2-5,7-9H,6,10-11H2,1H3,(H2,22,23)(H,24,26);1H3,(H,2,3,4). The second kappa shape index (κ2) is 9.87. The number of amides is 1. The lowest BCUT2D eigenvalue weighted by atomic mass is 9.85. The van der Waals surface area contributed by atoms with Crippen LogP contribution in [0.1, 0.15) is 18.2 Å². The summed E-state index contributed by atoms with van der Waals surface area (Å²) in [5.74, 6) is 0.597. The van der Waals surface area contributed by atoms with Gasteiger partial charge in [-0.25, -0.2) is 13.4 Å². The number of H-pyrrole nitrogens is 1. The van der Waals surface area contributed by atoms with E-state index in [4.69, 9.17) is 39.6 Å². The molecule has 0 bridgehead atoms. The molecule has 176 valence electrons. The van der Waals surface area contributed by atoms with Crippen LogP contribution in [0.15, 0.2) is 47.1 Å². The third kappa shape index (κ3) is 6.99. The number of hydrogen-bond acceptors (Lipinski definition) is 8. The predicted molar refractivity (Wildman–Crippen MR) is 120 cm³/mol. The maximum atomic E-state index is 12.3. The Kier molecular flexibility index (Phi) is 7.38. The highest BCUT2D eigenvalue weighted by atomic mass is 35.5. The minimum Gasteiger partial charge on any atom is -0.748 e. The lowest BCUT2D eigenvalue weighted by Gasteiger charge is -2.35. The third-order valence-electron chi connectivity index (χ3n) is 4.81. The van der Waals surface area contributed by atoms with Crippen LogP contribution >= 0.6 is 11.6 Å². The van der Waals surface area contributed by atoms with Crippen LogP contribution in [0, 0.1) is 0 Å². The topological polar surface area (TPSA) is 162 Å². The molecule has 0 radical (unpaired) electrons. The van der Waals surface area contributed by atoms with Crippen LogP contribution in [0.3, 0.4) is 0 Å². The van der Waals surface area contributed by atoms with Gasteiger partial charge in [0.05, 0.1) is 47.1 Å². The number of carbonyl (C=O) groups excluding carboxylic acids is 1. The van der Waals surface area contributed by atoms with Gasteiger partial charge < -0.3 is 13.8 Å². The summed E-state index contributed by atoms with van der Waals surface area (Å²) >= 11 is 6.05. The highest BCUT2D eigenvalue weighted by Crippen LogP contribution is 2.32. The number of nitrogens with zero attached hydrogens (tertiary/aromatic N) is 1. The Hall–Kier alpha value is -2.99. The van der Waals surface area contributed by atoms with Gasteiger partial charge in [0.2, 0.25) is 11.8 Å². The Bertz CT molecular complexity index is 1230. The molecule has 1 saturated heterocycles. The number of nitrogens with one attached hydrogen (secondary N) is 2. The average Bonchev–Trinajstić information content (AvgIpc) is 3.16. The molecule has 1 fully saturated rings. The Labute approximate surface area is 195 Å². The van der Waals surface area contributed by atoms with E-state index >= 15 is 0 Å². The molecule has 1 aliphatic heterocycles. The molecule has 0 aliphatic carbocycles. The first-order chi connectivity index (χ1) is 15.4. The lowest BCUT2D eigenvalue weighted by molar-refractivity contribution is -0.359. The molecule has 4 N–H and O–H groups in total. The fourth-order valence-corrected chi connectivity index (χ4v) is 3.18. The number of anilines is 2. The Morgan fingerprint density at radius 1 is 1.27 bits per heavy atom. The monoisotopic (exact) mass is 494 g/mol. The fourth-order valence-electron chi connectivity index (χ4n) is 3.00. The third-order valence-corrected chi connectivity index (χ3v) is 5.12. The highest BCUT2D eigenvalue weighted by molar-refractivity contribution is 7.84. The molecular weight excluding hydrogens is 472 g/mol. The molecule has 33 heavy (non-hydrogen) atoms. The predicted octanol–water partition coefficient (Wildman–Crippen LogP) is 2.02. The minimum absolute atomic E-state index is 0.134. The summed E-state index contributed by atoms with van der Waals surface area (Å²) in [7, 11) is -3.92. The van der Waals surface area contributed by atoms with E-state index in [1.165, 1.54) is 0 Å². The number of aromatic nitrogens is 2. The van der Waals surface area contributed by atoms with Crippen LogP contribution in [-0.4, -0.2) is 43.5 Å². The summed E-state index contributed by atoms with van der Waals surface area (Å²) in [6.07, 6.45) is 2.62. The number of pyridine rings is 1. The lowest BCUT2D eigenvalue weighted by Crippen LogP contribution is -2.44. The largest absolute Gasteiger partial charge is 0.748 e. The van der Waals surface area contributed by atoms with E-state index in [0.717, 1.165) is 22.4 Å². The zero-order valence-corrected chi connectivity index (χ0v) is 19.5. The molecule has 1 aliphatic rings. The summed E-state index contributed by atoms with van der Waals surface area (Å²) < 4.78 is 37.7. The van der Waals surface area contributed by atoms with Gasteiger partial charge in [-0.05, 0) is 24.1 Å². The van der Waals surface area contributed by atoms with Gasteiger partial charge >= 0.3 is 0 Å². The van der Waals surface area contributed by atoms with Crippen LogP contribution < -0.4 is 16.0 Å². The van der Waals surface area contributed by atoms with Gasteiger partial charge in [0.15, 0.2) is 0 Å². The average molecular weight is 495 g/mol. The van der Waals surface area contributed by atoms with E-state index in [1.807, 2.05) is 31.2 Å². The van der Waals surface area contributed by atoms with E-state index in [9.17, 15) is 4.79 Å². The molecular formula is C21H23ClN4O6S. The molecule has 12 heteroatoms. The number of hydrogen-bond donors (Lipinski definition) is 2. The van der Waals surface area contributed by atoms with Crippen molar-refractivity contribution in [3.05, 3.63) is 58.9 Å². The van der Waals surface area contributed by atoms with Crippen molar-refractivity contribution in [2.24, 2.45) is 0 Å². The van der Waals surface area contributed by atoms with Gasteiger partial charge in [-0.1, -0.05) is 41.0 Å². The Morgan fingerprint density at radius 2 is 1.91 bits per heavy atom. The van der Waals surface area contributed by atoms with E-state index in [1.54, 1.807) is 18.3 Å². The van der Waals surface area contributed by atoms with Crippen LogP contribution in [0.25, 0.3) is 11.1 Å². The first-order valence-corrected chi connectivity index (χ1v) is 11.9. The summed E-state index contributed by atoms with van der Waals surface area (Å²) in [6, 6.07) is 11.2. The second-order valence-electron chi connectivity index (χ2n) is 7.91. The fraction of sp³-hybridized carbons (Fsp3) is 0.286. The Morgan fingerprint density at radius 3 is 2.45 bits per heavy atom. The molecule has 1 amide bonds. The quantitative estimate of drug-likeness (QED) is 0.509. The Balaban J connectivity index is 0.000000555. The van der Waals surface area contributed by atoms with Crippen molar-refractivity contribution in [3.63, 3.8) is 0 Å². The molecule has 3 aromatic rings. The molecule has 0 unspecified atom stereocenters. The van der Waals surface area contributed by atoms with Crippen molar-refractivity contribution in [2.75, 3.05) is 30.5 Å². The van der Waals surface area contributed by atoms with Crippen molar-refractivity contribution in [1.82, 2.24) is 5.16 Å². The number of halogens is 1. The number of ether oxygens (including phenoxy) is 1. The van der Waals surface area contributed by atoms with Crippen molar-refractivity contribution < 1.29 is 32.0 Å². The summed E-state index contributed by atoms with van der Waals surface area (Å²) in [5, 5.41) is 7.25. The highest BCUT2D eigenvalue weighted by Gasteiger charge is 2.38. The number of aromatic amines is 1. The molecule has 1 aromatic carbocycles. The van der Waals surface area contributed by atoms with Crippen molar-refractivity contribution in [1.29, 1.82) is 0 Å². The zero-order valence-electron chi connectivity index (χ0n) is 17.9. The number of rotatable bonds is 5. The summed E-state index contributed by atoms with van der Waals surface area (Å²) in [5.41, 5.74) is 9.12. The summed E-state index contributed by atoms with van der Waals surface area (Å²) in [4.78, 5) is 15.2. The van der Waals surface area contributed by atoms with E-state index in [-0.39, 0.29) is 17.7 Å². The van der Waals surface area contributed by atoms with E-state index in [2.05, 4.69) is 15.5 Å².